The molecule has 3 fully saturated rings. The van der Waals surface area contributed by atoms with Crippen LogP contribution in [0.5, 0.6) is 0 Å². The van der Waals surface area contributed by atoms with Crippen LogP contribution in [0, 0.1) is 29.0 Å². The summed E-state index contributed by atoms with van der Waals surface area (Å²) in [6, 6.07) is 8.01. The van der Waals surface area contributed by atoms with E-state index in [1.807, 2.05) is 0 Å². The van der Waals surface area contributed by atoms with E-state index in [9.17, 15) is 14.3 Å². The van der Waals surface area contributed by atoms with Gasteiger partial charge in [-0.15, -0.1) is 11.8 Å². The van der Waals surface area contributed by atoms with E-state index in [0.29, 0.717) is 36.3 Å². The number of carbonyl (C=O) groups is 1. The second-order valence-corrected chi connectivity index (χ2v) is 9.59. The first kappa shape index (κ1) is 20.0. The number of hydrogen-bond acceptors (Lipinski definition) is 5. The number of nitriles is 1. The number of halogens is 2. The minimum atomic E-state index is -0.909. The predicted octanol–water partition coefficient (Wildman–Crippen LogP) is 3.08. The SMILES string of the molecule is N#C[C@@H]1CSCN1C(=O)CN(Cl)C1C[C@@H]2C[C@](O)(c3ccc(F)cc3)C[C@@H]2C1. The quantitative estimate of drug-likeness (QED) is 0.754. The third-order valence-electron chi connectivity index (χ3n) is 6.43. The highest BCUT2D eigenvalue weighted by Crippen LogP contribution is 2.53. The second kappa shape index (κ2) is 7.83. The molecule has 0 radical (unpaired) electrons. The molecule has 3 aliphatic rings. The lowest BCUT2D eigenvalue weighted by molar-refractivity contribution is -0.131. The van der Waals surface area contributed by atoms with Crippen LogP contribution in [0.15, 0.2) is 24.3 Å². The fraction of sp³-hybridized carbons (Fsp3) is 0.600. The average molecular weight is 424 g/mol. The molecular weight excluding hydrogens is 401 g/mol. The van der Waals surface area contributed by atoms with Gasteiger partial charge in [-0.2, -0.15) is 5.26 Å². The molecule has 28 heavy (non-hydrogen) atoms. The van der Waals surface area contributed by atoms with Gasteiger partial charge in [0.25, 0.3) is 0 Å². The molecule has 150 valence electrons. The summed E-state index contributed by atoms with van der Waals surface area (Å²) in [7, 11) is 0. The summed E-state index contributed by atoms with van der Waals surface area (Å²) in [5.74, 6) is 1.47. The van der Waals surface area contributed by atoms with Gasteiger partial charge in [0.1, 0.15) is 11.9 Å². The fourth-order valence-corrected chi connectivity index (χ4v) is 6.37. The number of hydrogen-bond donors (Lipinski definition) is 1. The van der Waals surface area contributed by atoms with E-state index in [2.05, 4.69) is 6.07 Å². The van der Waals surface area contributed by atoms with Crippen molar-refractivity contribution in [1.82, 2.24) is 9.32 Å². The Labute approximate surface area is 173 Å². The highest BCUT2D eigenvalue weighted by molar-refractivity contribution is 7.99. The number of fused-ring (bicyclic) bond motifs is 1. The molecule has 0 bridgehead atoms. The molecule has 2 saturated carbocycles. The number of rotatable bonds is 4. The van der Waals surface area contributed by atoms with Crippen molar-refractivity contribution in [3.05, 3.63) is 35.6 Å². The lowest BCUT2D eigenvalue weighted by Crippen LogP contribution is -2.42. The number of nitrogens with zero attached hydrogens (tertiary/aromatic N) is 3. The second-order valence-electron chi connectivity index (χ2n) is 8.16. The van der Waals surface area contributed by atoms with E-state index in [4.69, 9.17) is 17.0 Å². The van der Waals surface area contributed by atoms with E-state index < -0.39 is 5.60 Å². The standard InChI is InChI=1S/C20H23ClFN3O2S/c21-25(10-19(26)24-12-28-11-18(24)9-23)17-5-13-7-20(27,8-14(13)6-17)15-1-3-16(22)4-2-15/h1-4,13-14,17-18,27H,5-8,10-12H2/t13-,14+,17?,18-,20-/m1/s1. The minimum absolute atomic E-state index is 0.0918. The summed E-state index contributed by atoms with van der Waals surface area (Å²) in [6.07, 6.45) is 2.94. The van der Waals surface area contributed by atoms with Gasteiger partial charge in [-0.1, -0.05) is 12.1 Å². The Bertz CT molecular complexity index is 773. The Balaban J connectivity index is 1.34. The number of aliphatic hydroxyl groups is 1. The molecule has 0 aromatic heterocycles. The molecule has 5 atom stereocenters. The maximum Gasteiger partial charge on any atom is 0.239 e. The van der Waals surface area contributed by atoms with Crippen molar-refractivity contribution in [2.45, 2.75) is 43.4 Å². The first-order valence-electron chi connectivity index (χ1n) is 9.57. The summed E-state index contributed by atoms with van der Waals surface area (Å²) in [4.78, 5) is 14.1. The van der Waals surface area contributed by atoms with Gasteiger partial charge in [-0.05, 0) is 67.0 Å². The average Bonchev–Trinajstić information content (AvgIpc) is 3.35. The third-order valence-corrected chi connectivity index (χ3v) is 7.84. The van der Waals surface area contributed by atoms with Gasteiger partial charge < -0.3 is 10.0 Å². The molecule has 2 aliphatic carbocycles. The van der Waals surface area contributed by atoms with Crippen LogP contribution in [0.2, 0.25) is 0 Å². The van der Waals surface area contributed by atoms with Crippen LogP contribution in [-0.2, 0) is 10.4 Å². The van der Waals surface area contributed by atoms with Crippen molar-refractivity contribution >= 4 is 29.4 Å². The first-order chi connectivity index (χ1) is 13.4. The predicted molar refractivity (Wildman–Crippen MR) is 106 cm³/mol. The molecule has 5 nitrogen and oxygen atoms in total. The zero-order valence-electron chi connectivity index (χ0n) is 15.4. The zero-order valence-corrected chi connectivity index (χ0v) is 17.0. The molecule has 1 amide bonds. The summed E-state index contributed by atoms with van der Waals surface area (Å²) < 4.78 is 14.8. The van der Waals surface area contributed by atoms with E-state index >= 15 is 0 Å². The molecule has 1 unspecified atom stereocenters. The van der Waals surface area contributed by atoms with Gasteiger partial charge >= 0.3 is 0 Å². The molecule has 1 aromatic rings. The lowest BCUT2D eigenvalue weighted by atomic mass is 9.89. The molecule has 1 saturated heterocycles. The van der Waals surface area contributed by atoms with Crippen molar-refractivity contribution in [2.24, 2.45) is 11.8 Å². The van der Waals surface area contributed by atoms with Crippen LogP contribution in [0.3, 0.4) is 0 Å². The summed E-state index contributed by atoms with van der Waals surface area (Å²) in [6.45, 7) is 0.104. The molecule has 1 aromatic carbocycles. The Morgan fingerprint density at radius 1 is 1.36 bits per heavy atom. The number of amides is 1. The summed E-state index contributed by atoms with van der Waals surface area (Å²) >= 11 is 8.04. The van der Waals surface area contributed by atoms with Gasteiger partial charge in [-0.3, -0.25) is 4.79 Å². The highest BCUT2D eigenvalue weighted by Gasteiger charge is 2.50. The van der Waals surface area contributed by atoms with Gasteiger partial charge in [-0.25, -0.2) is 8.81 Å². The summed E-state index contributed by atoms with van der Waals surface area (Å²) in [5, 5.41) is 20.2. The molecule has 8 heteroatoms. The van der Waals surface area contributed by atoms with Crippen molar-refractivity contribution in [2.75, 3.05) is 18.2 Å². The van der Waals surface area contributed by atoms with Gasteiger partial charge in [0.15, 0.2) is 0 Å². The van der Waals surface area contributed by atoms with Gasteiger partial charge in [0.05, 0.1) is 24.1 Å². The van der Waals surface area contributed by atoms with Crippen molar-refractivity contribution in [3.63, 3.8) is 0 Å². The van der Waals surface area contributed by atoms with Crippen LogP contribution in [-0.4, -0.2) is 50.6 Å². The van der Waals surface area contributed by atoms with Crippen LogP contribution >= 0.6 is 23.5 Å². The van der Waals surface area contributed by atoms with E-state index in [1.54, 1.807) is 33.2 Å². The lowest BCUT2D eigenvalue weighted by Gasteiger charge is -2.28. The smallest absolute Gasteiger partial charge is 0.239 e. The molecule has 4 rings (SSSR count). The molecular formula is C20H23ClFN3O2S. The molecule has 1 N–H and O–H groups in total. The van der Waals surface area contributed by atoms with Crippen molar-refractivity contribution < 1.29 is 14.3 Å². The van der Waals surface area contributed by atoms with Crippen LogP contribution in [0.4, 0.5) is 4.39 Å². The van der Waals surface area contributed by atoms with Gasteiger partial charge in [0.2, 0.25) is 5.91 Å². The Morgan fingerprint density at radius 2 is 2.00 bits per heavy atom. The van der Waals surface area contributed by atoms with Crippen LogP contribution < -0.4 is 0 Å². The highest BCUT2D eigenvalue weighted by atomic mass is 35.5. The molecule has 1 aliphatic heterocycles. The number of carbonyl (C=O) groups excluding carboxylic acids is 1. The fourth-order valence-electron chi connectivity index (χ4n) is 5.00. The summed E-state index contributed by atoms with van der Waals surface area (Å²) in [5.41, 5.74) is -0.139. The van der Waals surface area contributed by atoms with Crippen molar-refractivity contribution in [1.29, 1.82) is 5.26 Å². The van der Waals surface area contributed by atoms with E-state index in [0.717, 1.165) is 18.4 Å². The molecule has 1 heterocycles. The Kier molecular flexibility index (Phi) is 5.58. The third kappa shape index (κ3) is 3.76. The van der Waals surface area contributed by atoms with Crippen molar-refractivity contribution in [3.8, 4) is 6.07 Å². The number of thioether (sulfide) groups is 1. The maximum atomic E-state index is 13.2. The topological polar surface area (TPSA) is 67.6 Å². The van der Waals surface area contributed by atoms with Crippen LogP contribution in [0.25, 0.3) is 0 Å². The minimum Gasteiger partial charge on any atom is -0.385 e. The number of benzene rings is 1. The monoisotopic (exact) mass is 423 g/mol. The van der Waals surface area contributed by atoms with E-state index in [-0.39, 0.29) is 30.4 Å². The molecule has 0 spiro atoms. The largest absolute Gasteiger partial charge is 0.385 e. The Morgan fingerprint density at radius 3 is 2.61 bits per heavy atom. The van der Waals surface area contributed by atoms with E-state index in [1.165, 1.54) is 12.1 Å². The first-order valence-corrected chi connectivity index (χ1v) is 11.1. The normalized spacial score (nSPS) is 34.6. The van der Waals surface area contributed by atoms with Gasteiger partial charge in [0, 0.05) is 11.8 Å². The zero-order chi connectivity index (χ0) is 19.9. The van der Waals surface area contributed by atoms with Crippen LogP contribution in [0.1, 0.15) is 31.2 Å². The Hall–Kier alpha value is -1.33. The maximum absolute atomic E-state index is 13.2.